The summed E-state index contributed by atoms with van der Waals surface area (Å²) in [6.45, 7) is 3.58. The molecule has 5 heteroatoms. The first-order valence-corrected chi connectivity index (χ1v) is 8.80. The van der Waals surface area contributed by atoms with Crippen LogP contribution in [-0.2, 0) is 11.3 Å². The van der Waals surface area contributed by atoms with Crippen molar-refractivity contribution in [3.63, 3.8) is 0 Å². The molecule has 2 aromatic rings. The molecule has 2 aliphatic rings. The summed E-state index contributed by atoms with van der Waals surface area (Å²) in [5.41, 5.74) is 3.17. The third-order valence-electron chi connectivity index (χ3n) is 4.57. The van der Waals surface area contributed by atoms with E-state index >= 15 is 0 Å². The summed E-state index contributed by atoms with van der Waals surface area (Å²) in [5, 5.41) is 13.0. The molecule has 1 unspecified atom stereocenters. The Morgan fingerprint density at radius 3 is 2.96 bits per heavy atom. The average Bonchev–Trinajstić information content (AvgIpc) is 3.33. The molecule has 1 saturated carbocycles. The van der Waals surface area contributed by atoms with Crippen LogP contribution in [0.15, 0.2) is 18.2 Å². The van der Waals surface area contributed by atoms with Crippen LogP contribution in [0.2, 0.25) is 0 Å². The molecule has 2 heterocycles. The maximum Gasteiger partial charge on any atom is 0.205 e. The first-order chi connectivity index (χ1) is 11.8. The number of benzene rings is 1. The number of aryl methyl sites for hydroxylation is 1. The van der Waals surface area contributed by atoms with Gasteiger partial charge in [-0.3, -0.25) is 0 Å². The molecular formula is C19H22N4O. The Balaban J connectivity index is 1.52. The molecule has 0 N–H and O–H groups in total. The molecule has 1 aliphatic carbocycles. The molecule has 1 aromatic carbocycles. The van der Waals surface area contributed by atoms with Gasteiger partial charge in [-0.15, -0.1) is 10.2 Å². The number of aromatic nitrogens is 4. The van der Waals surface area contributed by atoms with Gasteiger partial charge in [0, 0.05) is 23.7 Å². The summed E-state index contributed by atoms with van der Waals surface area (Å²) in [6.07, 6.45) is 6.13. The maximum atomic E-state index is 5.75. The van der Waals surface area contributed by atoms with Gasteiger partial charge in [-0.05, 0) is 61.9 Å². The number of ether oxygens (including phenoxy) is 1. The SMILES string of the molecule is Cc1ccc(C#CC2CC2)cc1-c1nnn(CC2CCCCO2)n1. The minimum Gasteiger partial charge on any atom is -0.376 e. The van der Waals surface area contributed by atoms with Gasteiger partial charge in [0.1, 0.15) is 0 Å². The molecule has 124 valence electrons. The molecule has 0 spiro atoms. The fourth-order valence-electron chi connectivity index (χ4n) is 2.92. The van der Waals surface area contributed by atoms with Crippen molar-refractivity contribution in [2.24, 2.45) is 5.92 Å². The third kappa shape index (κ3) is 3.65. The van der Waals surface area contributed by atoms with Crippen molar-refractivity contribution in [3.8, 4) is 23.2 Å². The van der Waals surface area contributed by atoms with E-state index in [-0.39, 0.29) is 6.10 Å². The normalized spacial score (nSPS) is 20.5. The minimum absolute atomic E-state index is 0.206. The van der Waals surface area contributed by atoms with Crippen LogP contribution < -0.4 is 0 Å². The summed E-state index contributed by atoms with van der Waals surface area (Å²) in [6, 6.07) is 6.22. The predicted molar refractivity (Wildman–Crippen MR) is 91.2 cm³/mol. The van der Waals surface area contributed by atoms with E-state index in [0.29, 0.717) is 18.3 Å². The zero-order valence-corrected chi connectivity index (χ0v) is 14.0. The van der Waals surface area contributed by atoms with Gasteiger partial charge in [0.05, 0.1) is 12.6 Å². The summed E-state index contributed by atoms with van der Waals surface area (Å²) in [7, 11) is 0. The number of hydrogen-bond acceptors (Lipinski definition) is 4. The van der Waals surface area contributed by atoms with Gasteiger partial charge < -0.3 is 4.74 Å². The number of rotatable bonds is 3. The van der Waals surface area contributed by atoms with E-state index in [4.69, 9.17) is 4.74 Å². The first kappa shape index (κ1) is 15.3. The van der Waals surface area contributed by atoms with Crippen molar-refractivity contribution in [1.82, 2.24) is 20.2 Å². The summed E-state index contributed by atoms with van der Waals surface area (Å²) >= 11 is 0. The Morgan fingerprint density at radius 2 is 2.17 bits per heavy atom. The Hall–Kier alpha value is -2.19. The molecular weight excluding hydrogens is 300 g/mol. The van der Waals surface area contributed by atoms with E-state index in [1.165, 1.54) is 19.3 Å². The molecule has 2 fully saturated rings. The van der Waals surface area contributed by atoms with Crippen molar-refractivity contribution >= 4 is 0 Å². The smallest absolute Gasteiger partial charge is 0.205 e. The molecule has 1 aromatic heterocycles. The van der Waals surface area contributed by atoms with Crippen molar-refractivity contribution in [2.45, 2.75) is 51.7 Å². The monoisotopic (exact) mass is 322 g/mol. The van der Waals surface area contributed by atoms with E-state index in [9.17, 15) is 0 Å². The quantitative estimate of drug-likeness (QED) is 0.815. The second-order valence-electron chi connectivity index (χ2n) is 6.73. The van der Waals surface area contributed by atoms with Crippen molar-refractivity contribution in [3.05, 3.63) is 29.3 Å². The lowest BCUT2D eigenvalue weighted by Crippen LogP contribution is -2.25. The molecule has 0 bridgehead atoms. The fraction of sp³-hybridized carbons (Fsp3) is 0.526. The van der Waals surface area contributed by atoms with Crippen molar-refractivity contribution in [2.75, 3.05) is 6.61 Å². The van der Waals surface area contributed by atoms with Crippen LogP contribution in [0.1, 0.15) is 43.2 Å². The van der Waals surface area contributed by atoms with Crippen LogP contribution in [0.25, 0.3) is 11.4 Å². The molecule has 0 radical (unpaired) electrons. The number of hydrogen-bond donors (Lipinski definition) is 0. The zero-order chi connectivity index (χ0) is 16.4. The number of nitrogens with zero attached hydrogens (tertiary/aromatic N) is 4. The lowest BCUT2D eigenvalue weighted by Gasteiger charge is -2.21. The molecule has 1 saturated heterocycles. The minimum atomic E-state index is 0.206. The highest BCUT2D eigenvalue weighted by Gasteiger charge is 2.18. The summed E-state index contributed by atoms with van der Waals surface area (Å²) in [5.74, 6) is 7.83. The highest BCUT2D eigenvalue weighted by Crippen LogP contribution is 2.28. The van der Waals surface area contributed by atoms with E-state index in [1.807, 2.05) is 0 Å². The maximum absolute atomic E-state index is 5.75. The van der Waals surface area contributed by atoms with Gasteiger partial charge >= 0.3 is 0 Å². The zero-order valence-electron chi connectivity index (χ0n) is 14.0. The van der Waals surface area contributed by atoms with Gasteiger partial charge in [0.15, 0.2) is 0 Å². The predicted octanol–water partition coefficient (Wildman–Crippen LogP) is 2.98. The lowest BCUT2D eigenvalue weighted by molar-refractivity contribution is 0.00133. The topological polar surface area (TPSA) is 52.8 Å². The van der Waals surface area contributed by atoms with Crippen LogP contribution in [0.3, 0.4) is 0 Å². The Labute approximate surface area is 142 Å². The lowest BCUT2D eigenvalue weighted by atomic mass is 10.0. The van der Waals surface area contributed by atoms with Crippen molar-refractivity contribution in [1.29, 1.82) is 0 Å². The Kier molecular flexibility index (Phi) is 4.31. The van der Waals surface area contributed by atoms with Gasteiger partial charge in [-0.1, -0.05) is 17.9 Å². The molecule has 4 rings (SSSR count). The van der Waals surface area contributed by atoms with E-state index in [0.717, 1.165) is 36.1 Å². The number of tetrazole rings is 1. The molecule has 1 aliphatic heterocycles. The van der Waals surface area contributed by atoms with Gasteiger partial charge in [-0.2, -0.15) is 4.80 Å². The van der Waals surface area contributed by atoms with Gasteiger partial charge in [0.25, 0.3) is 0 Å². The van der Waals surface area contributed by atoms with E-state index in [2.05, 4.69) is 52.4 Å². The fourth-order valence-corrected chi connectivity index (χ4v) is 2.92. The first-order valence-electron chi connectivity index (χ1n) is 8.80. The summed E-state index contributed by atoms with van der Waals surface area (Å²) < 4.78 is 5.75. The summed E-state index contributed by atoms with van der Waals surface area (Å²) in [4.78, 5) is 1.66. The second-order valence-corrected chi connectivity index (χ2v) is 6.73. The second kappa shape index (κ2) is 6.74. The van der Waals surface area contributed by atoms with E-state index in [1.54, 1.807) is 4.80 Å². The molecule has 0 amide bonds. The van der Waals surface area contributed by atoms with Crippen LogP contribution in [0.4, 0.5) is 0 Å². The van der Waals surface area contributed by atoms with E-state index < -0.39 is 0 Å². The van der Waals surface area contributed by atoms with Crippen molar-refractivity contribution < 1.29 is 4.74 Å². The van der Waals surface area contributed by atoms with Crippen LogP contribution in [0, 0.1) is 24.7 Å². The highest BCUT2D eigenvalue weighted by molar-refractivity contribution is 5.62. The molecule has 5 nitrogen and oxygen atoms in total. The largest absolute Gasteiger partial charge is 0.376 e. The van der Waals surface area contributed by atoms with Crippen LogP contribution in [0.5, 0.6) is 0 Å². The Morgan fingerprint density at radius 1 is 1.25 bits per heavy atom. The average molecular weight is 322 g/mol. The highest BCUT2D eigenvalue weighted by atomic mass is 16.5. The van der Waals surface area contributed by atoms with Gasteiger partial charge in [-0.25, -0.2) is 0 Å². The van der Waals surface area contributed by atoms with Gasteiger partial charge in [0.2, 0.25) is 5.82 Å². The van der Waals surface area contributed by atoms with Crippen LogP contribution >= 0.6 is 0 Å². The Bertz CT molecular complexity index is 776. The van der Waals surface area contributed by atoms with Crippen LogP contribution in [-0.4, -0.2) is 32.9 Å². The molecule has 24 heavy (non-hydrogen) atoms. The molecule has 1 atom stereocenters. The standard InChI is InChI=1S/C19H22N4O/c1-14-5-6-16(10-9-15-7-8-15)12-18(14)19-20-22-23(21-19)13-17-4-2-3-11-24-17/h5-6,12,15,17H,2-4,7-8,11,13H2,1H3. The third-order valence-corrected chi connectivity index (χ3v) is 4.57.